The van der Waals surface area contributed by atoms with Gasteiger partial charge in [-0.2, -0.15) is 5.10 Å². The van der Waals surface area contributed by atoms with Crippen LogP contribution in [0.15, 0.2) is 30.7 Å². The first-order valence-corrected chi connectivity index (χ1v) is 8.53. The second-order valence-electron chi connectivity index (χ2n) is 6.29. The lowest BCUT2D eigenvalue weighted by Gasteiger charge is -2.10. The predicted molar refractivity (Wildman–Crippen MR) is 98.7 cm³/mol. The summed E-state index contributed by atoms with van der Waals surface area (Å²) in [4.78, 5) is 20.8. The van der Waals surface area contributed by atoms with Crippen LogP contribution in [0.1, 0.15) is 34.6 Å². The number of amides is 1. The van der Waals surface area contributed by atoms with Crippen molar-refractivity contribution in [3.63, 3.8) is 0 Å². The molecule has 7 nitrogen and oxygen atoms in total. The zero-order valence-electron chi connectivity index (χ0n) is 14.4. The third kappa shape index (κ3) is 3.28. The molecular weight excluding hydrogens is 330 g/mol. The van der Waals surface area contributed by atoms with Crippen molar-refractivity contribution in [1.82, 2.24) is 25.5 Å². The molecule has 1 saturated carbocycles. The standard InChI is InChI=1S/C19H19N5O2/c1-26-18-14(19(25)22-10-12-2-3-12)5-7-16-17(18)15(23-24-16)6-4-13-11-20-8-9-21-13/h4-9,11-12H,2-3,10H2,1H3,(H,22,25)(H,23,24). The van der Waals surface area contributed by atoms with Gasteiger partial charge in [-0.1, -0.05) is 0 Å². The molecule has 1 amide bonds. The summed E-state index contributed by atoms with van der Waals surface area (Å²) in [6.07, 6.45) is 11.0. The van der Waals surface area contributed by atoms with E-state index in [1.165, 1.54) is 12.8 Å². The van der Waals surface area contributed by atoms with Crippen LogP contribution in [0.3, 0.4) is 0 Å². The van der Waals surface area contributed by atoms with Crippen molar-refractivity contribution in [1.29, 1.82) is 0 Å². The van der Waals surface area contributed by atoms with Gasteiger partial charge in [0.25, 0.3) is 5.91 Å². The molecule has 0 aliphatic heterocycles. The van der Waals surface area contributed by atoms with Gasteiger partial charge in [0, 0.05) is 18.9 Å². The molecule has 132 valence electrons. The Morgan fingerprint density at radius 3 is 2.96 bits per heavy atom. The van der Waals surface area contributed by atoms with Crippen LogP contribution < -0.4 is 10.1 Å². The first-order valence-electron chi connectivity index (χ1n) is 8.53. The van der Waals surface area contributed by atoms with Crippen LogP contribution >= 0.6 is 0 Å². The average Bonchev–Trinajstić information content (AvgIpc) is 3.42. The van der Waals surface area contributed by atoms with Crippen LogP contribution in [-0.2, 0) is 0 Å². The quantitative estimate of drug-likeness (QED) is 0.714. The number of methoxy groups -OCH3 is 1. The number of fused-ring (bicyclic) bond motifs is 1. The van der Waals surface area contributed by atoms with Crippen molar-refractivity contribution in [2.24, 2.45) is 5.92 Å². The van der Waals surface area contributed by atoms with E-state index in [0.29, 0.717) is 23.8 Å². The number of benzene rings is 1. The number of rotatable bonds is 6. The fraction of sp³-hybridized carbons (Fsp3) is 0.263. The molecule has 1 aliphatic carbocycles. The lowest BCUT2D eigenvalue weighted by Crippen LogP contribution is -2.26. The lowest BCUT2D eigenvalue weighted by molar-refractivity contribution is 0.0949. The molecule has 0 radical (unpaired) electrons. The van der Waals surface area contributed by atoms with Crippen LogP contribution in [0.4, 0.5) is 0 Å². The van der Waals surface area contributed by atoms with Gasteiger partial charge in [0.1, 0.15) is 5.75 Å². The number of ether oxygens (including phenoxy) is 1. The maximum Gasteiger partial charge on any atom is 0.255 e. The molecule has 0 spiro atoms. The summed E-state index contributed by atoms with van der Waals surface area (Å²) in [6.45, 7) is 0.713. The van der Waals surface area contributed by atoms with E-state index < -0.39 is 0 Å². The second kappa shape index (κ2) is 6.95. The summed E-state index contributed by atoms with van der Waals surface area (Å²) < 4.78 is 5.57. The lowest BCUT2D eigenvalue weighted by atomic mass is 10.1. The highest BCUT2D eigenvalue weighted by Gasteiger charge is 2.24. The third-order valence-corrected chi connectivity index (χ3v) is 4.40. The molecule has 2 aromatic heterocycles. The molecule has 1 aromatic carbocycles. The molecule has 1 fully saturated rings. The van der Waals surface area contributed by atoms with E-state index >= 15 is 0 Å². The highest BCUT2D eigenvalue weighted by Crippen LogP contribution is 2.33. The number of nitrogens with one attached hydrogen (secondary N) is 2. The maximum absolute atomic E-state index is 12.6. The van der Waals surface area contributed by atoms with Crippen molar-refractivity contribution < 1.29 is 9.53 Å². The molecule has 0 unspecified atom stereocenters. The van der Waals surface area contributed by atoms with Gasteiger partial charge in [-0.15, -0.1) is 0 Å². The highest BCUT2D eigenvalue weighted by molar-refractivity contribution is 6.05. The van der Waals surface area contributed by atoms with Crippen molar-refractivity contribution in [3.05, 3.63) is 47.7 Å². The van der Waals surface area contributed by atoms with E-state index in [1.807, 2.05) is 18.2 Å². The molecule has 4 rings (SSSR count). The Labute approximate surface area is 150 Å². The number of carbonyl (C=O) groups is 1. The number of H-pyrrole nitrogens is 1. The fourth-order valence-corrected chi connectivity index (χ4v) is 2.83. The van der Waals surface area contributed by atoms with Gasteiger partial charge in [0.2, 0.25) is 0 Å². The molecule has 0 bridgehead atoms. The molecular formula is C19H19N5O2. The van der Waals surface area contributed by atoms with Crippen LogP contribution in [0.2, 0.25) is 0 Å². The van der Waals surface area contributed by atoms with Gasteiger partial charge in [-0.25, -0.2) is 0 Å². The van der Waals surface area contributed by atoms with Crippen LogP contribution in [0, 0.1) is 5.92 Å². The maximum atomic E-state index is 12.6. The molecule has 3 aromatic rings. The number of nitrogens with zero attached hydrogens (tertiary/aromatic N) is 3. The van der Waals surface area contributed by atoms with E-state index in [2.05, 4.69) is 25.5 Å². The van der Waals surface area contributed by atoms with Crippen molar-refractivity contribution >= 4 is 29.0 Å². The Kier molecular flexibility index (Phi) is 4.35. The Bertz CT molecular complexity index is 961. The monoisotopic (exact) mass is 349 g/mol. The topological polar surface area (TPSA) is 92.8 Å². The first kappa shape index (κ1) is 16.3. The van der Waals surface area contributed by atoms with Gasteiger partial charge in [0.05, 0.1) is 41.2 Å². The van der Waals surface area contributed by atoms with Gasteiger partial charge < -0.3 is 10.1 Å². The molecule has 0 saturated heterocycles. The summed E-state index contributed by atoms with van der Waals surface area (Å²) in [5, 5.41) is 11.0. The van der Waals surface area contributed by atoms with E-state index in [1.54, 1.807) is 31.8 Å². The van der Waals surface area contributed by atoms with Gasteiger partial charge in [0.15, 0.2) is 0 Å². The molecule has 0 atom stereocenters. The summed E-state index contributed by atoms with van der Waals surface area (Å²) >= 11 is 0. The largest absolute Gasteiger partial charge is 0.495 e. The summed E-state index contributed by atoms with van der Waals surface area (Å²) in [6, 6.07) is 3.57. The number of hydrogen-bond acceptors (Lipinski definition) is 5. The molecule has 26 heavy (non-hydrogen) atoms. The van der Waals surface area contributed by atoms with E-state index in [0.717, 1.165) is 22.3 Å². The van der Waals surface area contributed by atoms with Gasteiger partial charge in [-0.05, 0) is 43.0 Å². The Balaban J connectivity index is 1.69. The summed E-state index contributed by atoms with van der Waals surface area (Å²) in [7, 11) is 1.57. The zero-order chi connectivity index (χ0) is 17.9. The summed E-state index contributed by atoms with van der Waals surface area (Å²) in [5.74, 6) is 1.01. The smallest absolute Gasteiger partial charge is 0.255 e. The van der Waals surface area contributed by atoms with Crippen LogP contribution in [-0.4, -0.2) is 39.7 Å². The Morgan fingerprint density at radius 2 is 2.23 bits per heavy atom. The molecule has 2 heterocycles. The third-order valence-electron chi connectivity index (χ3n) is 4.40. The first-order chi connectivity index (χ1) is 12.8. The van der Waals surface area contributed by atoms with Crippen molar-refractivity contribution in [3.8, 4) is 5.75 Å². The van der Waals surface area contributed by atoms with Gasteiger partial charge >= 0.3 is 0 Å². The fourth-order valence-electron chi connectivity index (χ4n) is 2.83. The minimum Gasteiger partial charge on any atom is -0.495 e. The minimum absolute atomic E-state index is 0.124. The number of aromatic amines is 1. The number of hydrogen-bond donors (Lipinski definition) is 2. The van der Waals surface area contributed by atoms with Gasteiger partial charge in [-0.3, -0.25) is 19.9 Å². The summed E-state index contributed by atoms with van der Waals surface area (Å²) in [5.41, 5.74) is 2.72. The minimum atomic E-state index is -0.124. The number of carbonyl (C=O) groups excluding carboxylic acids is 1. The highest BCUT2D eigenvalue weighted by atomic mass is 16.5. The predicted octanol–water partition coefficient (Wildman–Crippen LogP) is 2.67. The van der Waals surface area contributed by atoms with E-state index in [9.17, 15) is 4.79 Å². The van der Waals surface area contributed by atoms with E-state index in [4.69, 9.17) is 4.74 Å². The second-order valence-corrected chi connectivity index (χ2v) is 6.29. The number of aromatic nitrogens is 4. The van der Waals surface area contributed by atoms with Crippen LogP contribution in [0.5, 0.6) is 5.75 Å². The molecule has 1 aliphatic rings. The Morgan fingerprint density at radius 1 is 1.35 bits per heavy atom. The average molecular weight is 349 g/mol. The van der Waals surface area contributed by atoms with Crippen LogP contribution in [0.25, 0.3) is 23.1 Å². The van der Waals surface area contributed by atoms with Crippen molar-refractivity contribution in [2.45, 2.75) is 12.8 Å². The Hall–Kier alpha value is -3.22. The van der Waals surface area contributed by atoms with Crippen molar-refractivity contribution in [2.75, 3.05) is 13.7 Å². The van der Waals surface area contributed by atoms with E-state index in [-0.39, 0.29) is 5.91 Å². The molecule has 2 N–H and O–H groups in total. The SMILES string of the molecule is COc1c(C(=O)NCC2CC2)ccc2n[nH]c(C=Cc3cnccn3)c12. The zero-order valence-corrected chi connectivity index (χ0v) is 14.4. The normalized spacial score (nSPS) is 14.0. The molecule has 7 heteroatoms.